The molecule has 0 aliphatic heterocycles. The Hall–Kier alpha value is -1.66. The van der Waals surface area contributed by atoms with Crippen LogP contribution in [0.2, 0.25) is 0 Å². The fourth-order valence-corrected chi connectivity index (χ4v) is 1.92. The molecule has 0 saturated heterocycles. The van der Waals surface area contributed by atoms with Crippen LogP contribution in [0.15, 0.2) is 18.2 Å². The normalized spacial score (nSPS) is 22.3. The lowest BCUT2D eigenvalue weighted by Gasteiger charge is -2.32. The van der Waals surface area contributed by atoms with Gasteiger partial charge in [-0.15, -0.1) is 0 Å². The van der Waals surface area contributed by atoms with Crippen LogP contribution in [0.1, 0.15) is 18.4 Å². The van der Waals surface area contributed by atoms with Crippen molar-refractivity contribution in [2.75, 3.05) is 7.11 Å². The number of methoxy groups -OCH3 is 1. The second-order valence-corrected chi connectivity index (χ2v) is 4.43. The van der Waals surface area contributed by atoms with Gasteiger partial charge in [0.05, 0.1) is 24.7 Å². The number of hydrogen-bond acceptors (Lipinski definition) is 5. The van der Waals surface area contributed by atoms with Crippen molar-refractivity contribution in [1.82, 2.24) is 0 Å². The summed E-state index contributed by atoms with van der Waals surface area (Å²) >= 11 is 0. The van der Waals surface area contributed by atoms with Crippen LogP contribution in [0, 0.1) is 10.1 Å². The molecule has 1 aromatic rings. The molecule has 6 nitrogen and oxygen atoms in total. The number of nitro groups is 1. The molecule has 1 saturated carbocycles. The van der Waals surface area contributed by atoms with Crippen LogP contribution >= 0.6 is 0 Å². The Labute approximate surface area is 105 Å². The van der Waals surface area contributed by atoms with E-state index < -0.39 is 4.92 Å². The molecule has 0 spiro atoms. The summed E-state index contributed by atoms with van der Waals surface area (Å²) < 4.78 is 10.5. The van der Waals surface area contributed by atoms with E-state index in [1.807, 2.05) is 0 Å². The van der Waals surface area contributed by atoms with Gasteiger partial charge in [-0.25, -0.2) is 0 Å². The molecule has 2 rings (SSSR count). The highest BCUT2D eigenvalue weighted by atomic mass is 16.6. The van der Waals surface area contributed by atoms with Gasteiger partial charge >= 0.3 is 5.69 Å². The number of hydrogen-bond donors (Lipinski definition) is 1. The van der Waals surface area contributed by atoms with Crippen molar-refractivity contribution in [3.8, 4) is 5.75 Å². The summed E-state index contributed by atoms with van der Waals surface area (Å²) in [4.78, 5) is 10.4. The third-order valence-corrected chi connectivity index (χ3v) is 3.06. The van der Waals surface area contributed by atoms with E-state index in [1.54, 1.807) is 12.1 Å². The van der Waals surface area contributed by atoms with Gasteiger partial charge in [0.2, 0.25) is 0 Å². The lowest BCUT2D eigenvalue weighted by molar-refractivity contribution is -0.385. The van der Waals surface area contributed by atoms with Gasteiger partial charge < -0.3 is 15.2 Å². The third-order valence-electron chi connectivity index (χ3n) is 3.06. The van der Waals surface area contributed by atoms with E-state index in [0.29, 0.717) is 6.61 Å². The largest absolute Gasteiger partial charge is 0.490 e. The number of nitro benzene ring substituents is 1. The smallest absolute Gasteiger partial charge is 0.311 e. The molecule has 6 heteroatoms. The van der Waals surface area contributed by atoms with Crippen LogP contribution in [0.4, 0.5) is 5.69 Å². The van der Waals surface area contributed by atoms with E-state index in [0.717, 1.165) is 18.4 Å². The van der Waals surface area contributed by atoms with Gasteiger partial charge in [0.25, 0.3) is 0 Å². The van der Waals surface area contributed by atoms with Gasteiger partial charge in [0.15, 0.2) is 5.75 Å². The van der Waals surface area contributed by atoms with E-state index in [4.69, 9.17) is 15.2 Å². The minimum Gasteiger partial charge on any atom is -0.490 e. The molecule has 0 atom stereocenters. The van der Waals surface area contributed by atoms with Crippen LogP contribution in [0.3, 0.4) is 0 Å². The zero-order valence-corrected chi connectivity index (χ0v) is 10.2. The Morgan fingerprint density at radius 3 is 2.78 bits per heavy atom. The fraction of sp³-hybridized carbons (Fsp3) is 0.500. The Morgan fingerprint density at radius 1 is 1.50 bits per heavy atom. The van der Waals surface area contributed by atoms with Gasteiger partial charge in [0, 0.05) is 12.1 Å². The van der Waals surface area contributed by atoms with Crippen molar-refractivity contribution >= 4 is 5.69 Å². The van der Waals surface area contributed by atoms with Crippen LogP contribution in [0.25, 0.3) is 0 Å². The monoisotopic (exact) mass is 252 g/mol. The second kappa shape index (κ2) is 5.32. The van der Waals surface area contributed by atoms with Gasteiger partial charge in [-0.05, 0) is 24.5 Å². The maximum atomic E-state index is 10.8. The molecule has 98 valence electrons. The molecule has 2 N–H and O–H groups in total. The lowest BCUT2D eigenvalue weighted by Crippen LogP contribution is -2.41. The molecular formula is C12H16N2O4. The minimum atomic E-state index is -0.457. The molecule has 0 unspecified atom stereocenters. The summed E-state index contributed by atoms with van der Waals surface area (Å²) in [6.45, 7) is 0.363. The van der Waals surface area contributed by atoms with Crippen molar-refractivity contribution in [1.29, 1.82) is 0 Å². The van der Waals surface area contributed by atoms with Gasteiger partial charge in [-0.1, -0.05) is 6.07 Å². The van der Waals surface area contributed by atoms with Crippen LogP contribution in [-0.2, 0) is 11.3 Å². The number of nitrogens with zero attached hydrogens (tertiary/aromatic N) is 1. The second-order valence-electron chi connectivity index (χ2n) is 4.43. The first-order valence-corrected chi connectivity index (χ1v) is 5.78. The highest BCUT2D eigenvalue weighted by Crippen LogP contribution is 2.29. The number of ether oxygens (including phenoxy) is 2. The first-order valence-electron chi connectivity index (χ1n) is 5.78. The predicted octanol–water partition coefficient (Wildman–Crippen LogP) is 1.61. The average molecular weight is 252 g/mol. The predicted molar refractivity (Wildman–Crippen MR) is 65.4 cm³/mol. The lowest BCUT2D eigenvalue weighted by atomic mass is 9.90. The van der Waals surface area contributed by atoms with Gasteiger partial charge in [-0.3, -0.25) is 10.1 Å². The number of benzene rings is 1. The molecule has 0 radical (unpaired) electrons. The first-order chi connectivity index (χ1) is 8.60. The molecule has 1 aliphatic carbocycles. The molecule has 1 aromatic carbocycles. The molecule has 0 amide bonds. The van der Waals surface area contributed by atoms with Gasteiger partial charge in [-0.2, -0.15) is 0 Å². The third kappa shape index (κ3) is 2.77. The molecular weight excluding hydrogens is 236 g/mol. The summed E-state index contributed by atoms with van der Waals surface area (Å²) in [5.74, 6) is 0.259. The van der Waals surface area contributed by atoms with Crippen molar-refractivity contribution in [2.24, 2.45) is 5.73 Å². The SMILES string of the molecule is COc1ccc(COC2CC(N)C2)cc1[N+](=O)[O-]. The summed E-state index contributed by atoms with van der Waals surface area (Å²) in [5, 5.41) is 10.8. The summed E-state index contributed by atoms with van der Waals surface area (Å²) in [6, 6.07) is 5.07. The highest BCUT2D eigenvalue weighted by molar-refractivity contribution is 5.48. The fourth-order valence-electron chi connectivity index (χ4n) is 1.92. The van der Waals surface area contributed by atoms with Gasteiger partial charge in [0.1, 0.15) is 0 Å². The van der Waals surface area contributed by atoms with Crippen molar-refractivity contribution in [3.63, 3.8) is 0 Å². The van der Waals surface area contributed by atoms with E-state index in [9.17, 15) is 10.1 Å². The van der Waals surface area contributed by atoms with Crippen LogP contribution < -0.4 is 10.5 Å². The average Bonchev–Trinajstić information content (AvgIpc) is 2.32. The first kappa shape index (κ1) is 12.8. The zero-order valence-electron chi connectivity index (χ0n) is 10.2. The summed E-state index contributed by atoms with van der Waals surface area (Å²) in [5.41, 5.74) is 6.38. The molecule has 0 bridgehead atoms. The van der Waals surface area contributed by atoms with E-state index in [1.165, 1.54) is 13.2 Å². The molecule has 1 fully saturated rings. The molecule has 0 aromatic heterocycles. The summed E-state index contributed by atoms with van der Waals surface area (Å²) in [6.07, 6.45) is 1.90. The highest BCUT2D eigenvalue weighted by Gasteiger charge is 2.26. The Balaban J connectivity index is 2.00. The molecule has 18 heavy (non-hydrogen) atoms. The van der Waals surface area contributed by atoms with Crippen LogP contribution in [-0.4, -0.2) is 24.2 Å². The standard InChI is InChI=1S/C12H16N2O4/c1-17-12-3-2-8(4-11(12)14(15)16)7-18-10-5-9(13)6-10/h2-4,9-10H,5-7,13H2,1H3. The number of rotatable bonds is 5. The van der Waals surface area contributed by atoms with E-state index >= 15 is 0 Å². The van der Waals surface area contributed by atoms with Crippen molar-refractivity contribution < 1.29 is 14.4 Å². The quantitative estimate of drug-likeness (QED) is 0.635. The topological polar surface area (TPSA) is 87.6 Å². The van der Waals surface area contributed by atoms with Crippen molar-refractivity contribution in [2.45, 2.75) is 31.6 Å². The molecule has 0 heterocycles. The zero-order chi connectivity index (χ0) is 13.1. The Bertz CT molecular complexity index is 444. The van der Waals surface area contributed by atoms with E-state index in [-0.39, 0.29) is 23.6 Å². The maximum absolute atomic E-state index is 10.8. The summed E-state index contributed by atoms with van der Waals surface area (Å²) in [7, 11) is 1.41. The maximum Gasteiger partial charge on any atom is 0.311 e. The minimum absolute atomic E-state index is 0.0380. The van der Waals surface area contributed by atoms with Crippen LogP contribution in [0.5, 0.6) is 5.75 Å². The number of nitrogens with two attached hydrogens (primary N) is 1. The Morgan fingerprint density at radius 2 is 2.22 bits per heavy atom. The Kier molecular flexibility index (Phi) is 3.78. The molecule has 1 aliphatic rings. The van der Waals surface area contributed by atoms with Crippen molar-refractivity contribution in [3.05, 3.63) is 33.9 Å². The van der Waals surface area contributed by atoms with E-state index in [2.05, 4.69) is 0 Å².